The molecule has 1 aliphatic rings. The van der Waals surface area contributed by atoms with Crippen molar-refractivity contribution in [1.82, 2.24) is 4.31 Å². The average Bonchev–Trinajstić information content (AvgIpc) is 2.20. The molecule has 0 aromatic carbocycles. The van der Waals surface area contributed by atoms with Gasteiger partial charge in [-0.05, 0) is 19.8 Å². The summed E-state index contributed by atoms with van der Waals surface area (Å²) < 4.78 is 1.77. The SMILES string of the molecule is CSN1C[C@@H](C/C=C/CCC(C)=O)C1=O. The lowest BCUT2D eigenvalue weighted by molar-refractivity contribution is -0.139. The standard InChI is InChI=1S/C11H17NO2S/c1-9(13)6-4-3-5-7-10-8-12(15-2)11(10)14/h3,5,10H,4,6-8H2,1-2H3/b5-3+/t10-/m1/s1. The largest absolute Gasteiger partial charge is 0.300 e. The van der Waals surface area contributed by atoms with E-state index in [2.05, 4.69) is 0 Å². The Balaban J connectivity index is 2.11. The van der Waals surface area contributed by atoms with Gasteiger partial charge in [-0.25, -0.2) is 0 Å². The third-order valence-electron chi connectivity index (χ3n) is 2.45. The van der Waals surface area contributed by atoms with Gasteiger partial charge in [-0.3, -0.25) is 9.10 Å². The molecule has 0 aromatic rings. The van der Waals surface area contributed by atoms with E-state index < -0.39 is 0 Å². The molecule has 84 valence electrons. The number of rotatable bonds is 6. The van der Waals surface area contributed by atoms with Gasteiger partial charge in [0.05, 0.1) is 5.92 Å². The fraction of sp³-hybridized carbons (Fsp3) is 0.636. The topological polar surface area (TPSA) is 37.4 Å². The lowest BCUT2D eigenvalue weighted by atomic mass is 9.97. The number of hydrogen-bond donors (Lipinski definition) is 0. The van der Waals surface area contributed by atoms with E-state index in [1.807, 2.05) is 18.4 Å². The molecule has 0 spiro atoms. The average molecular weight is 227 g/mol. The second-order valence-corrected chi connectivity index (χ2v) is 4.53. The molecule has 4 heteroatoms. The zero-order valence-electron chi connectivity index (χ0n) is 9.23. The minimum absolute atomic E-state index is 0.172. The highest BCUT2D eigenvalue weighted by Crippen LogP contribution is 2.26. The van der Waals surface area contributed by atoms with Gasteiger partial charge in [0.1, 0.15) is 5.78 Å². The van der Waals surface area contributed by atoms with Crippen LogP contribution >= 0.6 is 11.9 Å². The van der Waals surface area contributed by atoms with Crippen LogP contribution in [0.25, 0.3) is 0 Å². The molecule has 1 atom stereocenters. The van der Waals surface area contributed by atoms with Crippen LogP contribution in [-0.2, 0) is 9.59 Å². The molecular formula is C11H17NO2S. The van der Waals surface area contributed by atoms with Gasteiger partial charge in [0, 0.05) is 19.2 Å². The second kappa shape index (κ2) is 5.95. The first kappa shape index (κ1) is 12.3. The first-order valence-electron chi connectivity index (χ1n) is 5.15. The molecule has 1 saturated heterocycles. The van der Waals surface area contributed by atoms with Crippen molar-refractivity contribution >= 4 is 23.6 Å². The molecule has 1 amide bonds. The number of nitrogens with zero attached hydrogens (tertiary/aromatic N) is 1. The molecule has 0 aliphatic carbocycles. The molecule has 1 rings (SSSR count). The lowest BCUT2D eigenvalue weighted by Gasteiger charge is -2.35. The van der Waals surface area contributed by atoms with Gasteiger partial charge in [-0.1, -0.05) is 24.1 Å². The van der Waals surface area contributed by atoms with Gasteiger partial charge >= 0.3 is 0 Å². The third kappa shape index (κ3) is 3.70. The van der Waals surface area contributed by atoms with Crippen LogP contribution < -0.4 is 0 Å². The van der Waals surface area contributed by atoms with Crippen LogP contribution in [0.15, 0.2) is 12.2 Å². The molecule has 1 heterocycles. The summed E-state index contributed by atoms with van der Waals surface area (Å²) in [6, 6.07) is 0. The van der Waals surface area contributed by atoms with Crippen molar-refractivity contribution < 1.29 is 9.59 Å². The molecular weight excluding hydrogens is 210 g/mol. The maximum Gasteiger partial charge on any atom is 0.237 e. The number of Topliss-reactive ketones (excluding diaryl/α,β-unsaturated/α-hetero) is 1. The van der Waals surface area contributed by atoms with Crippen molar-refractivity contribution in [3.8, 4) is 0 Å². The van der Waals surface area contributed by atoms with Gasteiger partial charge in [0.15, 0.2) is 0 Å². The van der Waals surface area contributed by atoms with E-state index in [4.69, 9.17) is 0 Å². The highest BCUT2D eigenvalue weighted by atomic mass is 32.2. The van der Waals surface area contributed by atoms with Crippen molar-refractivity contribution in [1.29, 1.82) is 0 Å². The quantitative estimate of drug-likeness (QED) is 0.396. The van der Waals surface area contributed by atoms with Gasteiger partial charge in [0.2, 0.25) is 5.91 Å². The molecule has 0 saturated carbocycles. The summed E-state index contributed by atoms with van der Waals surface area (Å²) in [5.74, 6) is 0.623. The van der Waals surface area contributed by atoms with Crippen LogP contribution in [0.5, 0.6) is 0 Å². The fourth-order valence-electron chi connectivity index (χ4n) is 1.46. The summed E-state index contributed by atoms with van der Waals surface area (Å²) in [6.45, 7) is 2.46. The van der Waals surface area contributed by atoms with E-state index in [1.54, 1.807) is 11.2 Å². The van der Waals surface area contributed by atoms with Crippen LogP contribution in [0, 0.1) is 5.92 Å². The number of hydrogen-bond acceptors (Lipinski definition) is 3. The summed E-state index contributed by atoms with van der Waals surface area (Å²) in [4.78, 5) is 22.0. The number of carbonyl (C=O) groups excluding carboxylic acids is 2. The first-order valence-corrected chi connectivity index (χ1v) is 6.33. The first-order chi connectivity index (χ1) is 7.15. The predicted molar refractivity (Wildman–Crippen MR) is 62.4 cm³/mol. The number of carbonyl (C=O) groups is 2. The highest BCUT2D eigenvalue weighted by Gasteiger charge is 2.34. The highest BCUT2D eigenvalue weighted by molar-refractivity contribution is 7.96. The molecule has 1 fully saturated rings. The minimum atomic E-state index is 0.172. The Morgan fingerprint density at radius 2 is 2.33 bits per heavy atom. The van der Waals surface area contributed by atoms with Crippen molar-refractivity contribution in [3.05, 3.63) is 12.2 Å². The normalized spacial score (nSPS) is 20.8. The lowest BCUT2D eigenvalue weighted by Crippen LogP contribution is -2.47. The monoisotopic (exact) mass is 227 g/mol. The second-order valence-electron chi connectivity index (χ2n) is 3.73. The minimum Gasteiger partial charge on any atom is -0.300 e. The summed E-state index contributed by atoms with van der Waals surface area (Å²) >= 11 is 1.49. The fourth-order valence-corrected chi connectivity index (χ4v) is 2.12. The van der Waals surface area contributed by atoms with Crippen LogP contribution in [0.4, 0.5) is 0 Å². The summed E-state index contributed by atoms with van der Waals surface area (Å²) in [6.07, 6.45) is 8.14. The van der Waals surface area contributed by atoms with Crippen molar-refractivity contribution in [2.45, 2.75) is 26.2 Å². The zero-order chi connectivity index (χ0) is 11.3. The van der Waals surface area contributed by atoms with Crippen LogP contribution in [0.3, 0.4) is 0 Å². The van der Waals surface area contributed by atoms with Crippen LogP contribution in [0.2, 0.25) is 0 Å². The summed E-state index contributed by atoms with van der Waals surface area (Å²) in [5, 5.41) is 0. The Morgan fingerprint density at radius 1 is 1.60 bits per heavy atom. The molecule has 0 radical (unpaired) electrons. The van der Waals surface area contributed by atoms with E-state index >= 15 is 0 Å². The molecule has 0 unspecified atom stereocenters. The zero-order valence-corrected chi connectivity index (χ0v) is 10.0. The summed E-state index contributed by atoms with van der Waals surface area (Å²) in [7, 11) is 0. The van der Waals surface area contributed by atoms with Crippen molar-refractivity contribution in [3.63, 3.8) is 0 Å². The third-order valence-corrected chi connectivity index (χ3v) is 3.22. The number of β-lactam (4-membered cyclic amide) rings is 1. The maximum atomic E-state index is 11.4. The van der Waals surface area contributed by atoms with E-state index in [-0.39, 0.29) is 17.6 Å². The molecule has 0 N–H and O–H groups in total. The van der Waals surface area contributed by atoms with E-state index in [9.17, 15) is 9.59 Å². The molecule has 1 aliphatic heterocycles. The van der Waals surface area contributed by atoms with Gasteiger partial charge in [0.25, 0.3) is 0 Å². The van der Waals surface area contributed by atoms with E-state index in [0.29, 0.717) is 6.42 Å². The maximum absolute atomic E-state index is 11.4. The van der Waals surface area contributed by atoms with E-state index in [0.717, 1.165) is 19.4 Å². The van der Waals surface area contributed by atoms with Gasteiger partial charge < -0.3 is 4.79 Å². The van der Waals surface area contributed by atoms with Crippen molar-refractivity contribution in [2.75, 3.05) is 12.8 Å². The Bertz CT molecular complexity index is 276. The number of allylic oxidation sites excluding steroid dienone is 2. The molecule has 0 aromatic heterocycles. The Hall–Kier alpha value is -0.770. The Labute approximate surface area is 95.0 Å². The molecule has 3 nitrogen and oxygen atoms in total. The summed E-state index contributed by atoms with van der Waals surface area (Å²) in [5.41, 5.74) is 0. The van der Waals surface area contributed by atoms with Gasteiger partial charge in [-0.15, -0.1) is 0 Å². The smallest absolute Gasteiger partial charge is 0.237 e. The van der Waals surface area contributed by atoms with Crippen LogP contribution in [-0.4, -0.2) is 28.8 Å². The van der Waals surface area contributed by atoms with Gasteiger partial charge in [-0.2, -0.15) is 0 Å². The van der Waals surface area contributed by atoms with Crippen molar-refractivity contribution in [2.24, 2.45) is 5.92 Å². The Morgan fingerprint density at radius 3 is 2.87 bits per heavy atom. The number of amides is 1. The van der Waals surface area contributed by atoms with Crippen LogP contribution in [0.1, 0.15) is 26.2 Å². The van der Waals surface area contributed by atoms with E-state index in [1.165, 1.54) is 11.9 Å². The predicted octanol–water partition coefficient (Wildman–Crippen LogP) is 2.04. The molecule has 0 bridgehead atoms. The molecule has 15 heavy (non-hydrogen) atoms. The number of ketones is 1. The Kier molecular flexibility index (Phi) is 4.88.